The average Bonchev–Trinajstić information content (AvgIpc) is 2.19. The first-order chi connectivity index (χ1) is 6.61. The topological polar surface area (TPSA) is 32.3 Å². The van der Waals surface area contributed by atoms with Gasteiger partial charge in [-0.3, -0.25) is 0 Å². The molecule has 1 rings (SSSR count). The maximum Gasteiger partial charge on any atom is 0.0781 e. The van der Waals surface area contributed by atoms with Crippen LogP contribution < -0.4 is 5.32 Å². The second-order valence-electron chi connectivity index (χ2n) is 2.79. The highest BCUT2D eigenvalue weighted by molar-refractivity contribution is 6.48. The summed E-state index contributed by atoms with van der Waals surface area (Å²) in [5, 5.41) is 13.1. The molecule has 1 atom stereocenters. The summed E-state index contributed by atoms with van der Waals surface area (Å²) in [4.78, 5) is 0. The van der Waals surface area contributed by atoms with Crippen molar-refractivity contribution >= 4 is 34.8 Å². The fraction of sp³-hybridized carbons (Fsp3) is 0.333. The summed E-state index contributed by atoms with van der Waals surface area (Å²) in [6.07, 6.45) is 0. The first-order valence-corrected chi connectivity index (χ1v) is 5.16. The van der Waals surface area contributed by atoms with Crippen molar-refractivity contribution in [3.63, 3.8) is 0 Å². The molecule has 0 radical (unpaired) electrons. The smallest absolute Gasteiger partial charge is 0.0781 e. The molecule has 0 unspecified atom stereocenters. The minimum atomic E-state index is -0.225. The van der Waals surface area contributed by atoms with Crippen molar-refractivity contribution in [2.24, 2.45) is 0 Å². The van der Waals surface area contributed by atoms with Gasteiger partial charge < -0.3 is 10.4 Å². The molecule has 0 aliphatic carbocycles. The molecule has 1 aromatic rings. The summed E-state index contributed by atoms with van der Waals surface area (Å²) in [7, 11) is 1.74. The second kappa shape index (κ2) is 5.19. The minimum absolute atomic E-state index is 0.0474. The van der Waals surface area contributed by atoms with Gasteiger partial charge in [0.1, 0.15) is 0 Å². The summed E-state index contributed by atoms with van der Waals surface area (Å²) < 4.78 is 0. The summed E-state index contributed by atoms with van der Waals surface area (Å²) in [6, 6.07) is 3.18. The average molecular weight is 255 g/mol. The lowest BCUT2D eigenvalue weighted by Crippen LogP contribution is -2.20. The molecule has 2 nitrogen and oxygen atoms in total. The molecule has 0 spiro atoms. The summed E-state index contributed by atoms with van der Waals surface area (Å²) in [5.41, 5.74) is 0.742. The molecule has 2 N–H and O–H groups in total. The van der Waals surface area contributed by atoms with Gasteiger partial charge in [0, 0.05) is 0 Å². The molecule has 0 bridgehead atoms. The van der Waals surface area contributed by atoms with Crippen LogP contribution in [-0.2, 0) is 0 Å². The Morgan fingerprint density at radius 1 is 1.29 bits per heavy atom. The predicted octanol–water partition coefficient (Wildman–Crippen LogP) is 2.90. The highest BCUT2D eigenvalue weighted by atomic mass is 35.5. The van der Waals surface area contributed by atoms with Crippen molar-refractivity contribution in [2.75, 3.05) is 13.7 Å². The first kappa shape index (κ1) is 12.1. The van der Waals surface area contributed by atoms with E-state index in [0.717, 1.165) is 5.56 Å². The molecule has 78 valence electrons. The number of hydrogen-bond acceptors (Lipinski definition) is 2. The Kier molecular flexibility index (Phi) is 4.48. The van der Waals surface area contributed by atoms with E-state index in [1.807, 2.05) is 0 Å². The maximum absolute atomic E-state index is 9.07. The Morgan fingerprint density at radius 2 is 1.93 bits per heavy atom. The largest absolute Gasteiger partial charge is 0.394 e. The number of aliphatic hydroxyl groups is 1. The first-order valence-electron chi connectivity index (χ1n) is 4.03. The van der Waals surface area contributed by atoms with Crippen LogP contribution in [0.2, 0.25) is 15.1 Å². The van der Waals surface area contributed by atoms with Gasteiger partial charge in [-0.05, 0) is 18.7 Å². The summed E-state index contributed by atoms with van der Waals surface area (Å²) in [5.74, 6) is 0. The third-order valence-corrected chi connectivity index (χ3v) is 3.28. The van der Waals surface area contributed by atoms with Crippen molar-refractivity contribution in [1.82, 2.24) is 5.32 Å². The molecule has 0 fully saturated rings. The minimum Gasteiger partial charge on any atom is -0.394 e. The lowest BCUT2D eigenvalue weighted by atomic mass is 10.1. The van der Waals surface area contributed by atoms with Gasteiger partial charge in [0.25, 0.3) is 0 Å². The van der Waals surface area contributed by atoms with E-state index in [-0.39, 0.29) is 12.6 Å². The highest BCUT2D eigenvalue weighted by Crippen LogP contribution is 2.35. The van der Waals surface area contributed by atoms with E-state index in [1.165, 1.54) is 0 Å². The quantitative estimate of drug-likeness (QED) is 0.813. The van der Waals surface area contributed by atoms with E-state index in [0.29, 0.717) is 15.1 Å². The SMILES string of the molecule is CN[C@H](CO)c1ccc(Cl)c(Cl)c1Cl. The molecular formula is C9H10Cl3NO. The van der Waals surface area contributed by atoms with Crippen LogP contribution in [-0.4, -0.2) is 18.8 Å². The molecule has 0 aliphatic heterocycles. The van der Waals surface area contributed by atoms with E-state index in [9.17, 15) is 0 Å². The van der Waals surface area contributed by atoms with E-state index in [1.54, 1.807) is 19.2 Å². The molecule has 0 amide bonds. The third-order valence-electron chi connectivity index (χ3n) is 1.97. The molecule has 1 aromatic carbocycles. The van der Waals surface area contributed by atoms with Gasteiger partial charge >= 0.3 is 0 Å². The molecule has 0 heterocycles. The van der Waals surface area contributed by atoms with Crippen LogP contribution in [0.4, 0.5) is 0 Å². The Bertz CT molecular complexity index is 326. The summed E-state index contributed by atoms with van der Waals surface area (Å²) >= 11 is 17.6. The number of aliphatic hydroxyl groups excluding tert-OH is 1. The van der Waals surface area contributed by atoms with Gasteiger partial charge in [-0.1, -0.05) is 40.9 Å². The standard InChI is InChI=1S/C9H10Cl3NO/c1-13-7(4-14)5-2-3-6(10)9(12)8(5)11/h2-3,7,13-14H,4H2,1H3/t7-/m1/s1. The molecule has 0 aromatic heterocycles. The normalized spacial score (nSPS) is 12.9. The van der Waals surface area contributed by atoms with E-state index < -0.39 is 0 Å². The van der Waals surface area contributed by atoms with Crippen LogP contribution >= 0.6 is 34.8 Å². The number of rotatable bonds is 3. The lowest BCUT2D eigenvalue weighted by Gasteiger charge is -2.16. The molecule has 14 heavy (non-hydrogen) atoms. The molecular weight excluding hydrogens is 244 g/mol. The predicted molar refractivity (Wildman–Crippen MR) is 60.4 cm³/mol. The van der Waals surface area contributed by atoms with Gasteiger partial charge in [-0.15, -0.1) is 0 Å². The van der Waals surface area contributed by atoms with Gasteiger partial charge in [0.2, 0.25) is 0 Å². The highest BCUT2D eigenvalue weighted by Gasteiger charge is 2.15. The van der Waals surface area contributed by atoms with E-state index >= 15 is 0 Å². The molecule has 5 heteroatoms. The third kappa shape index (κ3) is 2.33. The monoisotopic (exact) mass is 253 g/mol. The van der Waals surface area contributed by atoms with Gasteiger partial charge in [0.15, 0.2) is 0 Å². The van der Waals surface area contributed by atoms with Crippen LogP contribution in [0.25, 0.3) is 0 Å². The number of benzene rings is 1. The second-order valence-corrected chi connectivity index (χ2v) is 3.95. The van der Waals surface area contributed by atoms with Crippen LogP contribution in [0.3, 0.4) is 0 Å². The lowest BCUT2D eigenvalue weighted by molar-refractivity contribution is 0.251. The van der Waals surface area contributed by atoms with E-state index in [4.69, 9.17) is 39.9 Å². The molecule has 0 aliphatic rings. The maximum atomic E-state index is 9.07. The Morgan fingerprint density at radius 3 is 2.43 bits per heavy atom. The van der Waals surface area contributed by atoms with Crippen LogP contribution in [0, 0.1) is 0 Å². The zero-order valence-corrected chi connectivity index (χ0v) is 9.79. The van der Waals surface area contributed by atoms with Crippen LogP contribution in [0.5, 0.6) is 0 Å². The van der Waals surface area contributed by atoms with Crippen molar-refractivity contribution in [3.8, 4) is 0 Å². The zero-order valence-electron chi connectivity index (χ0n) is 7.52. The molecule has 0 saturated carbocycles. The fourth-order valence-electron chi connectivity index (χ4n) is 1.16. The number of likely N-dealkylation sites (N-methyl/N-ethyl adjacent to an activating group) is 1. The Hall–Kier alpha value is 0.01000. The fourth-order valence-corrected chi connectivity index (χ4v) is 1.83. The van der Waals surface area contributed by atoms with Gasteiger partial charge in [-0.2, -0.15) is 0 Å². The Labute approximate surface area is 97.8 Å². The number of hydrogen-bond donors (Lipinski definition) is 2. The zero-order chi connectivity index (χ0) is 10.7. The summed E-state index contributed by atoms with van der Waals surface area (Å²) in [6.45, 7) is -0.0474. The van der Waals surface area contributed by atoms with Crippen LogP contribution in [0.1, 0.15) is 11.6 Å². The van der Waals surface area contributed by atoms with Crippen molar-refractivity contribution in [3.05, 3.63) is 32.8 Å². The van der Waals surface area contributed by atoms with Gasteiger partial charge in [0.05, 0.1) is 27.7 Å². The van der Waals surface area contributed by atoms with Crippen molar-refractivity contribution < 1.29 is 5.11 Å². The van der Waals surface area contributed by atoms with Gasteiger partial charge in [-0.25, -0.2) is 0 Å². The van der Waals surface area contributed by atoms with Crippen LogP contribution in [0.15, 0.2) is 12.1 Å². The number of halogens is 3. The molecule has 0 saturated heterocycles. The Balaban J connectivity index is 3.16. The van der Waals surface area contributed by atoms with Crippen molar-refractivity contribution in [2.45, 2.75) is 6.04 Å². The van der Waals surface area contributed by atoms with E-state index in [2.05, 4.69) is 5.32 Å². The van der Waals surface area contributed by atoms with Crippen molar-refractivity contribution in [1.29, 1.82) is 0 Å². The number of nitrogens with one attached hydrogen (secondary N) is 1.